The van der Waals surface area contributed by atoms with Crippen LogP contribution in [0.2, 0.25) is 0 Å². The number of aliphatic hydroxyl groups excluding tert-OH is 2. The van der Waals surface area contributed by atoms with E-state index >= 15 is 0 Å². The highest BCUT2D eigenvalue weighted by molar-refractivity contribution is 5.72. The lowest BCUT2D eigenvalue weighted by atomic mass is 10.1. The van der Waals surface area contributed by atoms with Crippen LogP contribution in [0, 0.1) is 0 Å². The largest absolute Gasteiger partial charge is 0.479 e. The summed E-state index contributed by atoms with van der Waals surface area (Å²) in [5.41, 5.74) is 2.09. The summed E-state index contributed by atoms with van der Waals surface area (Å²) in [6.45, 7) is 0. The number of aryl methyl sites for hydroxylation is 2. The van der Waals surface area contributed by atoms with E-state index in [-0.39, 0.29) is 12.8 Å². The van der Waals surface area contributed by atoms with E-state index < -0.39 is 24.1 Å². The van der Waals surface area contributed by atoms with Gasteiger partial charge < -0.3 is 20.4 Å². The zero-order valence-electron chi connectivity index (χ0n) is 14.4. The maximum absolute atomic E-state index is 10.3. The monoisotopic (exact) mass is 360 g/mol. The second-order valence-electron chi connectivity index (χ2n) is 5.76. The van der Waals surface area contributed by atoms with Crippen LogP contribution >= 0.6 is 0 Å². The van der Waals surface area contributed by atoms with Gasteiger partial charge in [-0.15, -0.1) is 0 Å². The minimum atomic E-state index is -1.25. The molecule has 0 saturated heterocycles. The van der Waals surface area contributed by atoms with Gasteiger partial charge in [0.15, 0.2) is 12.2 Å². The molecule has 0 fully saturated rings. The quantitative estimate of drug-likeness (QED) is 0.573. The third-order valence-corrected chi connectivity index (χ3v) is 3.67. The molecule has 26 heavy (non-hydrogen) atoms. The van der Waals surface area contributed by atoms with Crippen molar-refractivity contribution in [3.8, 4) is 0 Å². The van der Waals surface area contributed by atoms with Crippen LogP contribution in [0.4, 0.5) is 0 Å². The second kappa shape index (κ2) is 11.8. The fourth-order valence-electron chi connectivity index (χ4n) is 2.14. The van der Waals surface area contributed by atoms with Crippen LogP contribution in [0.15, 0.2) is 60.7 Å². The first kappa shape index (κ1) is 21.3. The van der Waals surface area contributed by atoms with Crippen molar-refractivity contribution in [1.29, 1.82) is 0 Å². The Morgan fingerprint density at radius 1 is 0.654 bits per heavy atom. The molecule has 0 amide bonds. The second-order valence-corrected chi connectivity index (χ2v) is 5.76. The number of aliphatic hydroxyl groups is 2. The lowest BCUT2D eigenvalue weighted by Gasteiger charge is -2.04. The van der Waals surface area contributed by atoms with Crippen molar-refractivity contribution in [1.82, 2.24) is 0 Å². The summed E-state index contributed by atoms with van der Waals surface area (Å²) < 4.78 is 0. The SMILES string of the molecule is O=C(O)[C@@H](O)CCc1ccccc1.O=C(O)[C@H](O)CCc1ccccc1. The minimum absolute atomic E-state index is 0.263. The molecule has 0 unspecified atom stereocenters. The summed E-state index contributed by atoms with van der Waals surface area (Å²) in [6.07, 6.45) is -0.790. The van der Waals surface area contributed by atoms with Crippen LogP contribution in [0.5, 0.6) is 0 Å². The summed E-state index contributed by atoms with van der Waals surface area (Å²) in [5, 5.41) is 34.8. The van der Waals surface area contributed by atoms with Gasteiger partial charge in [-0.2, -0.15) is 0 Å². The number of carboxylic acid groups (broad SMARTS) is 2. The number of carbonyl (C=O) groups is 2. The standard InChI is InChI=1S/2C10H12O3/c2*11-9(10(12)13)7-6-8-4-2-1-3-5-8/h2*1-5,9,11H,6-7H2,(H,12,13)/t2*9-/m10/s1. The van der Waals surface area contributed by atoms with E-state index in [1.54, 1.807) is 0 Å². The molecule has 0 aliphatic carbocycles. The molecule has 4 N–H and O–H groups in total. The zero-order valence-corrected chi connectivity index (χ0v) is 14.4. The van der Waals surface area contributed by atoms with Crippen molar-refractivity contribution in [3.63, 3.8) is 0 Å². The first-order valence-electron chi connectivity index (χ1n) is 8.29. The van der Waals surface area contributed by atoms with E-state index in [4.69, 9.17) is 20.4 Å². The number of hydrogen-bond acceptors (Lipinski definition) is 4. The van der Waals surface area contributed by atoms with Gasteiger partial charge >= 0.3 is 11.9 Å². The number of rotatable bonds is 8. The molecule has 2 atom stereocenters. The molecular weight excluding hydrogens is 336 g/mol. The average Bonchev–Trinajstić information content (AvgIpc) is 2.66. The number of carboxylic acids is 2. The lowest BCUT2D eigenvalue weighted by Crippen LogP contribution is -2.19. The summed E-state index contributed by atoms with van der Waals surface area (Å²) >= 11 is 0. The Morgan fingerprint density at radius 2 is 0.962 bits per heavy atom. The molecule has 2 rings (SSSR count). The van der Waals surface area contributed by atoms with Gasteiger partial charge in [-0.05, 0) is 36.8 Å². The van der Waals surface area contributed by atoms with Gasteiger partial charge in [0.1, 0.15) is 0 Å². The van der Waals surface area contributed by atoms with Crippen molar-refractivity contribution >= 4 is 11.9 Å². The topological polar surface area (TPSA) is 115 Å². The third-order valence-electron chi connectivity index (χ3n) is 3.67. The molecule has 0 aliphatic heterocycles. The van der Waals surface area contributed by atoms with Crippen molar-refractivity contribution < 1.29 is 30.0 Å². The number of aliphatic carboxylic acids is 2. The van der Waals surface area contributed by atoms with Gasteiger partial charge in [-0.1, -0.05) is 60.7 Å². The van der Waals surface area contributed by atoms with E-state index in [0.717, 1.165) is 11.1 Å². The highest BCUT2D eigenvalue weighted by Gasteiger charge is 2.12. The van der Waals surface area contributed by atoms with Crippen LogP contribution in [0.3, 0.4) is 0 Å². The van der Waals surface area contributed by atoms with Gasteiger partial charge in [0.25, 0.3) is 0 Å². The molecule has 6 nitrogen and oxygen atoms in total. The zero-order chi connectivity index (χ0) is 19.4. The Kier molecular flexibility index (Phi) is 9.67. The van der Waals surface area contributed by atoms with Crippen LogP contribution in [-0.4, -0.2) is 44.6 Å². The highest BCUT2D eigenvalue weighted by atomic mass is 16.4. The highest BCUT2D eigenvalue weighted by Crippen LogP contribution is 2.05. The first-order chi connectivity index (χ1) is 12.4. The van der Waals surface area contributed by atoms with Crippen LogP contribution < -0.4 is 0 Å². The van der Waals surface area contributed by atoms with Crippen LogP contribution in [0.25, 0.3) is 0 Å². The van der Waals surface area contributed by atoms with Gasteiger partial charge in [-0.25, -0.2) is 9.59 Å². The fourth-order valence-corrected chi connectivity index (χ4v) is 2.14. The molecule has 6 heteroatoms. The molecule has 140 valence electrons. The Morgan fingerprint density at radius 3 is 1.23 bits per heavy atom. The maximum Gasteiger partial charge on any atom is 0.332 e. The maximum atomic E-state index is 10.3. The lowest BCUT2D eigenvalue weighted by molar-refractivity contribution is -0.147. The van der Waals surface area contributed by atoms with Gasteiger partial charge in [-0.3, -0.25) is 0 Å². The smallest absolute Gasteiger partial charge is 0.332 e. The Balaban J connectivity index is 0.000000260. The van der Waals surface area contributed by atoms with Crippen molar-refractivity contribution in [2.75, 3.05) is 0 Å². The molecule has 0 aromatic heterocycles. The normalized spacial score (nSPS) is 12.4. The number of benzene rings is 2. The summed E-state index contributed by atoms with van der Waals surface area (Å²) in [4.78, 5) is 20.5. The third kappa shape index (κ3) is 8.96. The fraction of sp³-hybridized carbons (Fsp3) is 0.300. The molecule has 0 bridgehead atoms. The molecular formula is C20H24O6. The Labute approximate surface area is 152 Å². The molecule has 0 saturated carbocycles. The Hall–Kier alpha value is -2.70. The molecule has 0 aliphatic rings. The Bertz CT molecular complexity index is 597. The molecule has 0 heterocycles. The molecule has 0 radical (unpaired) electrons. The van der Waals surface area contributed by atoms with E-state index in [0.29, 0.717) is 12.8 Å². The predicted octanol–water partition coefficient (Wildman–Crippen LogP) is 2.13. The van der Waals surface area contributed by atoms with Crippen molar-refractivity contribution in [2.45, 2.75) is 37.9 Å². The minimum Gasteiger partial charge on any atom is -0.479 e. The van der Waals surface area contributed by atoms with Gasteiger partial charge in [0.05, 0.1) is 0 Å². The van der Waals surface area contributed by atoms with Gasteiger partial charge in [0.2, 0.25) is 0 Å². The average molecular weight is 360 g/mol. The van der Waals surface area contributed by atoms with Crippen LogP contribution in [-0.2, 0) is 22.4 Å². The summed E-state index contributed by atoms with van der Waals surface area (Å²) in [7, 11) is 0. The van der Waals surface area contributed by atoms with Crippen molar-refractivity contribution in [2.24, 2.45) is 0 Å². The van der Waals surface area contributed by atoms with Crippen LogP contribution in [0.1, 0.15) is 24.0 Å². The van der Waals surface area contributed by atoms with Crippen molar-refractivity contribution in [3.05, 3.63) is 71.8 Å². The van der Waals surface area contributed by atoms with E-state index in [9.17, 15) is 9.59 Å². The molecule has 0 spiro atoms. The van der Waals surface area contributed by atoms with E-state index in [2.05, 4.69) is 0 Å². The van der Waals surface area contributed by atoms with E-state index in [1.165, 1.54) is 0 Å². The summed E-state index contributed by atoms with van der Waals surface area (Å²) in [5.74, 6) is -2.31. The molecule has 2 aromatic rings. The van der Waals surface area contributed by atoms with Gasteiger partial charge in [0, 0.05) is 0 Å². The predicted molar refractivity (Wildman–Crippen MR) is 96.8 cm³/mol. The first-order valence-corrected chi connectivity index (χ1v) is 8.29. The number of hydrogen-bond donors (Lipinski definition) is 4. The molecule has 2 aromatic carbocycles. The summed E-state index contributed by atoms with van der Waals surface area (Å²) in [6, 6.07) is 19.0. The van der Waals surface area contributed by atoms with E-state index in [1.807, 2.05) is 60.7 Å².